The van der Waals surface area contributed by atoms with Crippen LogP contribution in [0.25, 0.3) is 0 Å². The smallest absolute Gasteiger partial charge is 0.154 e. The molecule has 0 bridgehead atoms. The average molecular weight is 1290 g/mol. The molecule has 2 aromatic heterocycles. The van der Waals surface area contributed by atoms with Crippen molar-refractivity contribution in [3.8, 4) is 0 Å². The molecule has 2 atom stereocenters. The van der Waals surface area contributed by atoms with Gasteiger partial charge in [-0.3, -0.25) is 4.98 Å². The van der Waals surface area contributed by atoms with E-state index in [9.17, 15) is 17.6 Å². The molecule has 0 saturated carbocycles. The lowest BCUT2D eigenvalue weighted by atomic mass is 10.0. The normalized spacial score (nSPS) is 15.1. The van der Waals surface area contributed by atoms with Crippen molar-refractivity contribution in [2.24, 2.45) is 11.8 Å². The Morgan fingerprint density at radius 3 is 1.08 bits per heavy atom. The van der Waals surface area contributed by atoms with E-state index < -0.39 is 11.6 Å². The zero-order chi connectivity index (χ0) is 66.8. The van der Waals surface area contributed by atoms with E-state index in [1.807, 2.05) is 131 Å². The van der Waals surface area contributed by atoms with Gasteiger partial charge in [-0.15, -0.1) is 0 Å². The van der Waals surface area contributed by atoms with Crippen LogP contribution in [0.1, 0.15) is 130 Å². The Morgan fingerprint density at radius 1 is 0.341 bits per heavy atom. The maximum atomic E-state index is 12.8. The molecule has 2 aliphatic heterocycles. The minimum atomic E-state index is -0.475. The number of nitrogens with zero attached hydrogens (tertiary/aromatic N) is 3. The van der Waals surface area contributed by atoms with E-state index in [1.165, 1.54) is 66.3 Å². The molecule has 0 radical (unpaired) electrons. The molecule has 0 aliphatic carbocycles. The van der Waals surface area contributed by atoms with E-state index >= 15 is 0 Å². The Labute approximate surface area is 545 Å². The van der Waals surface area contributed by atoms with Crippen molar-refractivity contribution in [3.05, 3.63) is 261 Å². The highest BCUT2D eigenvalue weighted by molar-refractivity contribution is 6.36. The van der Waals surface area contributed by atoms with Crippen LogP contribution >= 0.6 is 46.4 Å². The lowest BCUT2D eigenvalue weighted by Gasteiger charge is -2.24. The topological polar surface area (TPSA) is 66.4 Å². The van der Waals surface area contributed by atoms with Gasteiger partial charge in [0, 0.05) is 68.0 Å². The number of benzene rings is 6. The van der Waals surface area contributed by atoms with Crippen LogP contribution in [0.2, 0.25) is 20.1 Å². The average Bonchev–Trinajstić information content (AvgIpc) is 3.66. The largest absolute Gasteiger partial charge is 0.378 e. The number of pyridine rings is 1. The van der Waals surface area contributed by atoms with Crippen LogP contribution in [0.5, 0.6) is 0 Å². The molecule has 6 aromatic carbocycles. The first-order chi connectivity index (χ1) is 41.2. The molecule has 0 amide bonds. The quantitative estimate of drug-likeness (QED) is 0.141. The Hall–Kier alpha value is -5.69. The number of hydrogen-bond donors (Lipinski definition) is 0. The van der Waals surface area contributed by atoms with E-state index in [0.717, 1.165) is 85.7 Å². The molecular weight excluding hydrogens is 1200 g/mol. The summed E-state index contributed by atoms with van der Waals surface area (Å²) in [6, 6.07) is 33.5. The standard InChI is InChI=1S/C8H8Cl2.C8H8ClF.C8H9Cl.C8H8F2.C8H9F.C8H10.C7H9N.C7H14O.C6H8N2.C6H12O2/c2*1-5-3-7(9)6(2)8(10)4-5;1-6-3-4-7(2)8(9)5-6;1-5-3-7(9)6(2)8(10)4-5;1-6-3-4-7(2)8(9)5-6;1-7-3-5-8(2)6-4-7;2*1-6-3-4-7(2)8-5-6;2*1-5-3-7-6(2)8-4-5/h2*3-4H,1-2H3;3-5H,1-2H3;3-4H,1-2H3;3-5H,1-2H3;3-6H,1-2H3;3-5H,1-2H3;6-7H,3-5H2,1-2H3;3-4H,1-2H3;5-6H,3-4H2,1-2H3. The number of hydrogen-bond acceptors (Lipinski definition) is 6. The highest BCUT2D eigenvalue weighted by atomic mass is 35.5. The van der Waals surface area contributed by atoms with E-state index in [0.29, 0.717) is 33.7 Å². The van der Waals surface area contributed by atoms with Gasteiger partial charge in [0.25, 0.3) is 0 Å². The monoisotopic (exact) mass is 1290 g/mol. The van der Waals surface area contributed by atoms with Gasteiger partial charge >= 0.3 is 0 Å². The molecule has 10 rings (SSSR count). The summed E-state index contributed by atoms with van der Waals surface area (Å²) in [6.07, 6.45) is 8.62. The van der Waals surface area contributed by atoms with Crippen LogP contribution in [0.15, 0.2) is 128 Å². The number of halogens is 8. The predicted octanol–water partition coefficient (Wildman–Crippen LogP) is 22.6. The lowest BCUT2D eigenvalue weighted by Crippen LogP contribution is -2.27. The second kappa shape index (κ2) is 43.1. The minimum Gasteiger partial charge on any atom is -0.378 e. The van der Waals surface area contributed by atoms with Gasteiger partial charge in [-0.25, -0.2) is 27.5 Å². The summed E-state index contributed by atoms with van der Waals surface area (Å²) < 4.78 is 66.3. The Bertz CT molecular complexity index is 2800. The van der Waals surface area contributed by atoms with Gasteiger partial charge in [-0.1, -0.05) is 126 Å². The van der Waals surface area contributed by atoms with Crippen LogP contribution in [-0.2, 0) is 14.2 Å². The van der Waals surface area contributed by atoms with Gasteiger partial charge in [0.1, 0.15) is 29.1 Å². The van der Waals surface area contributed by atoms with E-state index in [1.54, 1.807) is 32.9 Å². The fourth-order valence-electron chi connectivity index (χ4n) is 7.06. The molecule has 480 valence electrons. The number of rotatable bonds is 0. The van der Waals surface area contributed by atoms with Gasteiger partial charge in [0.15, 0.2) is 6.29 Å². The number of aryl methyl sites for hydroxylation is 13. The highest BCUT2D eigenvalue weighted by Gasteiger charge is 2.14. The van der Waals surface area contributed by atoms with Crippen molar-refractivity contribution < 1.29 is 31.8 Å². The molecule has 14 heteroatoms. The summed E-state index contributed by atoms with van der Waals surface area (Å²) >= 11 is 23.2. The van der Waals surface area contributed by atoms with Crippen LogP contribution in [-0.4, -0.2) is 47.2 Å². The molecule has 2 saturated heterocycles. The third-order valence-corrected chi connectivity index (χ3v) is 14.7. The zero-order valence-corrected chi connectivity index (χ0v) is 58.6. The second-order valence-corrected chi connectivity index (χ2v) is 24.3. The van der Waals surface area contributed by atoms with Crippen LogP contribution in [0, 0.1) is 146 Å². The number of ether oxygens (including phenoxy) is 3. The molecule has 0 spiro atoms. The van der Waals surface area contributed by atoms with Gasteiger partial charge in [0.05, 0.1) is 19.3 Å². The third kappa shape index (κ3) is 36.1. The zero-order valence-electron chi connectivity index (χ0n) is 55.6. The van der Waals surface area contributed by atoms with E-state index in [-0.39, 0.29) is 23.5 Å². The lowest BCUT2D eigenvalue weighted by molar-refractivity contribution is -0.187. The molecule has 4 heterocycles. The Morgan fingerprint density at radius 2 is 0.716 bits per heavy atom. The molecule has 0 N–H and O–H groups in total. The summed E-state index contributed by atoms with van der Waals surface area (Å²) in [6.45, 7) is 41.3. The van der Waals surface area contributed by atoms with Crippen molar-refractivity contribution in [2.75, 3.05) is 19.8 Å². The minimum absolute atomic E-state index is 0.0196. The molecule has 2 unspecified atom stereocenters. The molecule has 2 aliphatic rings. The first-order valence-corrected chi connectivity index (χ1v) is 30.9. The number of aromatic nitrogens is 3. The molecular formula is C74H95Cl4F4N3O3. The SMILES string of the molecule is CC1CCC(C)OC1.CC1COC(C)OC1.Cc1cc(Cl)c(C)c(Cl)c1.Cc1cc(F)c(C)c(Cl)c1.Cc1cc(F)c(C)c(F)c1.Cc1ccc(C)c(Cl)c1.Cc1ccc(C)c(F)c1.Cc1ccc(C)cc1.Cc1ccc(C)nc1.Cc1cnc(C)nc1. The van der Waals surface area contributed by atoms with Crippen molar-refractivity contribution in [1.29, 1.82) is 0 Å². The van der Waals surface area contributed by atoms with Crippen molar-refractivity contribution >= 4 is 46.4 Å². The van der Waals surface area contributed by atoms with E-state index in [2.05, 4.69) is 86.0 Å². The molecule has 88 heavy (non-hydrogen) atoms. The second-order valence-electron chi connectivity index (χ2n) is 22.7. The third-order valence-electron chi connectivity index (χ3n) is 13.1. The first-order valence-electron chi connectivity index (χ1n) is 29.4. The van der Waals surface area contributed by atoms with Crippen LogP contribution < -0.4 is 0 Å². The van der Waals surface area contributed by atoms with Gasteiger partial charge in [-0.2, -0.15) is 0 Å². The van der Waals surface area contributed by atoms with Crippen LogP contribution in [0.4, 0.5) is 17.6 Å². The maximum Gasteiger partial charge on any atom is 0.154 e. The molecule has 8 aromatic rings. The summed E-state index contributed by atoms with van der Waals surface area (Å²) in [7, 11) is 0. The first kappa shape index (κ1) is 80.3. The Kier molecular flexibility index (Phi) is 39.3. The van der Waals surface area contributed by atoms with E-state index in [4.69, 9.17) is 60.6 Å². The molecule has 6 nitrogen and oxygen atoms in total. The predicted molar refractivity (Wildman–Crippen MR) is 365 cm³/mol. The van der Waals surface area contributed by atoms with Gasteiger partial charge < -0.3 is 14.2 Å². The van der Waals surface area contributed by atoms with Gasteiger partial charge in [-0.05, 0) is 254 Å². The van der Waals surface area contributed by atoms with Crippen molar-refractivity contribution in [2.45, 2.75) is 164 Å². The highest BCUT2D eigenvalue weighted by Crippen LogP contribution is 2.25. The summed E-state index contributed by atoms with van der Waals surface area (Å²) in [5.41, 5.74) is 14.2. The fraction of sp³-hybridized carbons (Fsp3) is 0.392. The summed E-state index contributed by atoms with van der Waals surface area (Å²) in [5, 5.41) is 2.84. The Balaban J connectivity index is 0.000000489. The summed E-state index contributed by atoms with van der Waals surface area (Å²) in [4.78, 5) is 12.0. The van der Waals surface area contributed by atoms with Crippen LogP contribution in [0.3, 0.4) is 0 Å². The van der Waals surface area contributed by atoms with Crippen molar-refractivity contribution in [3.63, 3.8) is 0 Å². The molecule has 2 fully saturated rings. The fourth-order valence-corrected chi connectivity index (χ4v) is 8.15. The maximum absolute atomic E-state index is 12.8. The summed E-state index contributed by atoms with van der Waals surface area (Å²) in [5.74, 6) is 0.906. The van der Waals surface area contributed by atoms with Gasteiger partial charge in [0.2, 0.25) is 0 Å². The van der Waals surface area contributed by atoms with Crippen molar-refractivity contribution in [1.82, 2.24) is 15.0 Å².